The molecule has 0 aliphatic carbocycles. The van der Waals surface area contributed by atoms with Gasteiger partial charge in [-0.1, -0.05) is 24.8 Å². The Kier molecular flexibility index (Phi) is 3.64. The van der Waals surface area contributed by atoms with Gasteiger partial charge in [0.1, 0.15) is 5.75 Å². The Morgan fingerprint density at radius 1 is 1.62 bits per heavy atom. The molecule has 0 unspecified atom stereocenters. The summed E-state index contributed by atoms with van der Waals surface area (Å²) in [5.74, 6) is 0.893. The number of carbonyl (C=O) groups excluding carboxylic acids is 1. The van der Waals surface area contributed by atoms with Gasteiger partial charge in [0.15, 0.2) is 0 Å². The molecule has 0 heterocycles. The minimum Gasteiger partial charge on any atom is -0.508 e. The van der Waals surface area contributed by atoms with Crippen LogP contribution in [0.25, 0.3) is 0 Å². The zero-order valence-corrected chi connectivity index (χ0v) is 8.10. The molecule has 0 radical (unpaired) electrons. The number of thioether (sulfide) groups is 1. The van der Waals surface area contributed by atoms with Crippen LogP contribution in [0.15, 0.2) is 24.3 Å². The van der Waals surface area contributed by atoms with Crippen LogP contribution in [0.5, 0.6) is 5.75 Å². The molecule has 3 nitrogen and oxygen atoms in total. The highest BCUT2D eigenvalue weighted by atomic mass is 32.2. The lowest BCUT2D eigenvalue weighted by molar-refractivity contribution is 0.270. The third-order valence-corrected chi connectivity index (χ3v) is 2.02. The molecular weight excluding hydrogens is 186 g/mol. The van der Waals surface area contributed by atoms with E-state index in [4.69, 9.17) is 5.11 Å². The summed E-state index contributed by atoms with van der Waals surface area (Å²) < 4.78 is 0. The van der Waals surface area contributed by atoms with Crippen molar-refractivity contribution in [3.8, 4) is 5.75 Å². The van der Waals surface area contributed by atoms with Crippen LogP contribution in [0.3, 0.4) is 0 Å². The zero-order valence-electron chi connectivity index (χ0n) is 7.28. The highest BCUT2D eigenvalue weighted by molar-refractivity contribution is 8.13. The fourth-order valence-corrected chi connectivity index (χ4v) is 1.32. The van der Waals surface area contributed by atoms with Gasteiger partial charge in [0.25, 0.3) is 5.24 Å². The maximum absolute atomic E-state index is 11.1. The molecule has 4 heteroatoms. The van der Waals surface area contributed by atoms with Crippen LogP contribution in [0.4, 0.5) is 10.5 Å². The summed E-state index contributed by atoms with van der Waals surface area (Å²) in [5, 5.41) is 11.6. The second-order valence-corrected chi connectivity index (χ2v) is 3.63. The number of nitrogens with one attached hydrogen (secondary N) is 1. The van der Waals surface area contributed by atoms with Crippen molar-refractivity contribution in [2.45, 2.75) is 6.92 Å². The smallest absolute Gasteiger partial charge is 0.283 e. The first-order valence-electron chi connectivity index (χ1n) is 3.95. The third-order valence-electron chi connectivity index (χ3n) is 1.37. The van der Waals surface area contributed by atoms with E-state index in [2.05, 4.69) is 5.32 Å². The Hall–Kier alpha value is -1.16. The van der Waals surface area contributed by atoms with E-state index >= 15 is 0 Å². The number of phenols is 1. The third kappa shape index (κ3) is 3.38. The Morgan fingerprint density at radius 2 is 2.38 bits per heavy atom. The molecule has 0 aliphatic rings. The van der Waals surface area contributed by atoms with Crippen LogP contribution < -0.4 is 5.32 Å². The van der Waals surface area contributed by atoms with E-state index in [1.165, 1.54) is 17.8 Å². The van der Waals surface area contributed by atoms with Crippen LogP contribution in [0.1, 0.15) is 6.92 Å². The van der Waals surface area contributed by atoms with Gasteiger partial charge >= 0.3 is 0 Å². The van der Waals surface area contributed by atoms with E-state index in [9.17, 15) is 4.79 Å². The number of anilines is 1. The van der Waals surface area contributed by atoms with E-state index in [0.29, 0.717) is 5.69 Å². The van der Waals surface area contributed by atoms with Crippen LogP contribution in [-0.2, 0) is 0 Å². The number of phenolic OH excluding ortho intramolecular Hbond substituents is 1. The predicted molar refractivity (Wildman–Crippen MR) is 55.3 cm³/mol. The van der Waals surface area contributed by atoms with Gasteiger partial charge < -0.3 is 10.4 Å². The molecule has 0 aromatic heterocycles. The first-order valence-corrected chi connectivity index (χ1v) is 4.93. The molecule has 1 amide bonds. The topological polar surface area (TPSA) is 49.3 Å². The van der Waals surface area contributed by atoms with Crippen molar-refractivity contribution < 1.29 is 9.90 Å². The van der Waals surface area contributed by atoms with Gasteiger partial charge in [-0.15, -0.1) is 0 Å². The quantitative estimate of drug-likeness (QED) is 0.766. The molecule has 0 saturated carbocycles. The lowest BCUT2D eigenvalue weighted by atomic mass is 10.3. The van der Waals surface area contributed by atoms with Crippen molar-refractivity contribution in [2.75, 3.05) is 11.1 Å². The molecule has 1 rings (SSSR count). The van der Waals surface area contributed by atoms with E-state index in [0.717, 1.165) is 5.75 Å². The van der Waals surface area contributed by atoms with Crippen molar-refractivity contribution in [1.29, 1.82) is 0 Å². The Bertz CT molecular complexity index is 301. The first-order chi connectivity index (χ1) is 6.22. The van der Waals surface area contributed by atoms with Crippen molar-refractivity contribution >= 4 is 22.7 Å². The number of carbonyl (C=O) groups is 1. The number of aromatic hydroxyl groups is 1. The average Bonchev–Trinajstić information content (AvgIpc) is 2.04. The molecule has 13 heavy (non-hydrogen) atoms. The number of rotatable bonds is 2. The maximum Gasteiger partial charge on any atom is 0.283 e. The molecule has 0 atom stereocenters. The molecule has 0 fully saturated rings. The lowest BCUT2D eigenvalue weighted by Crippen LogP contribution is -2.04. The molecule has 1 aromatic rings. The summed E-state index contributed by atoms with van der Waals surface area (Å²) >= 11 is 1.20. The Morgan fingerprint density at radius 3 is 3.00 bits per heavy atom. The molecule has 0 bridgehead atoms. The van der Waals surface area contributed by atoms with Crippen molar-refractivity contribution in [3.05, 3.63) is 24.3 Å². The van der Waals surface area contributed by atoms with Gasteiger partial charge in [-0.2, -0.15) is 0 Å². The zero-order chi connectivity index (χ0) is 9.68. The van der Waals surface area contributed by atoms with Gasteiger partial charge in [0, 0.05) is 11.8 Å². The van der Waals surface area contributed by atoms with Crippen LogP contribution in [0.2, 0.25) is 0 Å². The van der Waals surface area contributed by atoms with Gasteiger partial charge in [0.2, 0.25) is 0 Å². The van der Waals surface area contributed by atoms with Crippen molar-refractivity contribution in [1.82, 2.24) is 0 Å². The predicted octanol–water partition coefficient (Wildman–Crippen LogP) is 2.68. The number of amides is 1. The summed E-state index contributed by atoms with van der Waals surface area (Å²) in [6.07, 6.45) is 0. The summed E-state index contributed by atoms with van der Waals surface area (Å²) in [4.78, 5) is 11.1. The molecule has 1 aromatic carbocycles. The van der Waals surface area contributed by atoms with Crippen molar-refractivity contribution in [2.24, 2.45) is 0 Å². The fourth-order valence-electron chi connectivity index (χ4n) is 0.869. The van der Waals surface area contributed by atoms with E-state index in [1.807, 2.05) is 6.92 Å². The molecule has 2 N–H and O–H groups in total. The van der Waals surface area contributed by atoms with Gasteiger partial charge in [-0.3, -0.25) is 4.79 Å². The number of hydrogen-bond acceptors (Lipinski definition) is 3. The summed E-state index contributed by atoms with van der Waals surface area (Å²) in [6.45, 7) is 1.91. The van der Waals surface area contributed by atoms with Crippen LogP contribution in [-0.4, -0.2) is 16.1 Å². The second kappa shape index (κ2) is 4.77. The molecular formula is C9H11NO2S. The molecule has 70 valence electrons. The number of hydrogen-bond donors (Lipinski definition) is 2. The Labute approximate surface area is 81.2 Å². The van der Waals surface area contributed by atoms with E-state index < -0.39 is 0 Å². The van der Waals surface area contributed by atoms with E-state index in [-0.39, 0.29) is 11.0 Å². The Balaban J connectivity index is 2.58. The van der Waals surface area contributed by atoms with Gasteiger partial charge in [0.05, 0.1) is 0 Å². The normalized spacial score (nSPS) is 9.62. The number of benzene rings is 1. The molecule has 0 spiro atoms. The van der Waals surface area contributed by atoms with Crippen molar-refractivity contribution in [3.63, 3.8) is 0 Å². The average molecular weight is 197 g/mol. The van der Waals surface area contributed by atoms with E-state index in [1.54, 1.807) is 18.2 Å². The molecule has 0 saturated heterocycles. The minimum absolute atomic E-state index is 0.104. The SMILES string of the molecule is CCSC(=O)Nc1cccc(O)c1. The summed E-state index contributed by atoms with van der Waals surface area (Å²) in [6, 6.07) is 6.48. The largest absolute Gasteiger partial charge is 0.508 e. The molecule has 0 aliphatic heterocycles. The highest BCUT2D eigenvalue weighted by Crippen LogP contribution is 2.17. The van der Waals surface area contributed by atoms with Gasteiger partial charge in [-0.05, 0) is 17.9 Å². The summed E-state index contributed by atoms with van der Waals surface area (Å²) in [7, 11) is 0. The highest BCUT2D eigenvalue weighted by Gasteiger charge is 2.00. The van der Waals surface area contributed by atoms with Crippen LogP contribution >= 0.6 is 11.8 Å². The first kappa shape index (κ1) is 9.92. The van der Waals surface area contributed by atoms with Crippen LogP contribution in [0, 0.1) is 0 Å². The lowest BCUT2D eigenvalue weighted by Gasteiger charge is -2.03. The summed E-state index contributed by atoms with van der Waals surface area (Å²) in [5.41, 5.74) is 0.617. The fraction of sp³-hybridized carbons (Fsp3) is 0.222. The second-order valence-electron chi connectivity index (χ2n) is 2.40. The standard InChI is InChI=1S/C9H11NO2S/c1-2-13-9(12)10-7-4-3-5-8(11)6-7/h3-6,11H,2H2,1H3,(H,10,12). The van der Waals surface area contributed by atoms with Gasteiger partial charge in [-0.25, -0.2) is 0 Å². The minimum atomic E-state index is -0.104. The maximum atomic E-state index is 11.1. The monoisotopic (exact) mass is 197 g/mol.